The molecule has 3 rings (SSSR count). The number of rotatable bonds is 5. The van der Waals surface area contributed by atoms with Gasteiger partial charge in [-0.1, -0.05) is 12.1 Å². The number of nitrogens with zero attached hydrogens (tertiary/aromatic N) is 1. The predicted octanol–water partition coefficient (Wildman–Crippen LogP) is 2.22. The van der Waals surface area contributed by atoms with Crippen molar-refractivity contribution in [2.75, 3.05) is 20.2 Å². The molecule has 0 radical (unpaired) electrons. The third-order valence-corrected chi connectivity index (χ3v) is 5.21. The lowest BCUT2D eigenvalue weighted by atomic mass is 9.98. The fourth-order valence-corrected chi connectivity index (χ4v) is 3.80. The minimum Gasteiger partial charge on any atom is -0.497 e. The minimum atomic E-state index is -0.434. The highest BCUT2D eigenvalue weighted by molar-refractivity contribution is 5.85. The van der Waals surface area contributed by atoms with Crippen molar-refractivity contribution in [1.29, 1.82) is 0 Å². The molecule has 1 heterocycles. The van der Waals surface area contributed by atoms with Crippen LogP contribution >= 0.6 is 12.4 Å². The summed E-state index contributed by atoms with van der Waals surface area (Å²) >= 11 is 0. The van der Waals surface area contributed by atoms with Crippen LogP contribution in [0.4, 0.5) is 0 Å². The molecule has 24 heavy (non-hydrogen) atoms. The van der Waals surface area contributed by atoms with Gasteiger partial charge < -0.3 is 20.1 Å². The van der Waals surface area contributed by atoms with Crippen LogP contribution < -0.4 is 10.5 Å². The van der Waals surface area contributed by atoms with E-state index in [1.54, 1.807) is 7.11 Å². The highest BCUT2D eigenvalue weighted by Gasteiger charge is 2.43. The summed E-state index contributed by atoms with van der Waals surface area (Å²) in [6, 6.07) is 7.97. The number of fused-ring (bicyclic) bond motifs is 1. The third-order valence-electron chi connectivity index (χ3n) is 5.21. The van der Waals surface area contributed by atoms with E-state index in [1.807, 2.05) is 36.1 Å². The van der Waals surface area contributed by atoms with Crippen LogP contribution in [0.5, 0.6) is 5.75 Å². The summed E-state index contributed by atoms with van der Waals surface area (Å²) < 4.78 is 11.0. The summed E-state index contributed by atoms with van der Waals surface area (Å²) in [6.45, 7) is 3.86. The molecule has 4 atom stereocenters. The molecule has 6 heteroatoms. The standard InChI is InChI=1S/C18H26N2O3.ClH/c1-12(23-11-13-4-3-5-15(8-13)22-2)18(21)20-9-14-6-7-17(19)16(14)10-20;/h3-5,8,12,14,16-17H,6-7,9-11,19H2,1-2H3;1H. The van der Waals surface area contributed by atoms with Gasteiger partial charge in [-0.25, -0.2) is 0 Å². The molecule has 2 fully saturated rings. The first-order valence-corrected chi connectivity index (χ1v) is 8.37. The molecule has 0 aromatic heterocycles. The molecule has 0 spiro atoms. The van der Waals surface area contributed by atoms with Crippen molar-refractivity contribution in [3.8, 4) is 5.75 Å². The van der Waals surface area contributed by atoms with Gasteiger partial charge in [0.15, 0.2) is 0 Å². The van der Waals surface area contributed by atoms with Gasteiger partial charge in [0.05, 0.1) is 13.7 Å². The first-order valence-electron chi connectivity index (χ1n) is 8.37. The molecule has 5 nitrogen and oxygen atoms in total. The van der Waals surface area contributed by atoms with Gasteiger partial charge in [0.2, 0.25) is 0 Å². The van der Waals surface area contributed by atoms with Crippen molar-refractivity contribution in [1.82, 2.24) is 4.90 Å². The molecule has 1 aliphatic heterocycles. The first-order chi connectivity index (χ1) is 11.1. The van der Waals surface area contributed by atoms with Gasteiger partial charge >= 0.3 is 0 Å². The first kappa shape index (κ1) is 19.0. The van der Waals surface area contributed by atoms with Gasteiger partial charge in [-0.15, -0.1) is 12.4 Å². The second kappa shape index (κ2) is 8.19. The van der Waals surface area contributed by atoms with Crippen molar-refractivity contribution in [3.05, 3.63) is 29.8 Å². The number of halogens is 1. The Kier molecular flexibility index (Phi) is 6.49. The summed E-state index contributed by atoms with van der Waals surface area (Å²) in [4.78, 5) is 14.5. The number of benzene rings is 1. The normalized spacial score (nSPS) is 26.6. The molecule has 1 aliphatic carbocycles. The van der Waals surface area contributed by atoms with Crippen LogP contribution in [-0.4, -0.2) is 43.2 Å². The van der Waals surface area contributed by atoms with Crippen molar-refractivity contribution >= 4 is 18.3 Å². The topological polar surface area (TPSA) is 64.8 Å². The Morgan fingerprint density at radius 3 is 2.88 bits per heavy atom. The highest BCUT2D eigenvalue weighted by atomic mass is 35.5. The Balaban J connectivity index is 0.00000208. The number of methoxy groups -OCH3 is 1. The van der Waals surface area contributed by atoms with E-state index in [0.717, 1.165) is 37.2 Å². The molecule has 134 valence electrons. The second-order valence-electron chi connectivity index (χ2n) is 6.71. The summed E-state index contributed by atoms with van der Waals surface area (Å²) in [5, 5.41) is 0. The van der Waals surface area contributed by atoms with E-state index in [0.29, 0.717) is 18.4 Å². The van der Waals surface area contributed by atoms with E-state index >= 15 is 0 Å². The number of nitrogens with two attached hydrogens (primary N) is 1. The molecule has 1 aromatic rings. The molecule has 1 saturated carbocycles. The lowest BCUT2D eigenvalue weighted by molar-refractivity contribution is -0.142. The number of carbonyl (C=O) groups excluding carboxylic acids is 1. The fourth-order valence-electron chi connectivity index (χ4n) is 3.80. The zero-order valence-corrected chi connectivity index (χ0v) is 15.1. The van der Waals surface area contributed by atoms with Crippen LogP contribution in [0.3, 0.4) is 0 Å². The van der Waals surface area contributed by atoms with E-state index in [1.165, 1.54) is 0 Å². The van der Waals surface area contributed by atoms with E-state index in [4.69, 9.17) is 15.2 Å². The molecule has 1 aromatic carbocycles. The van der Waals surface area contributed by atoms with Crippen molar-refractivity contribution in [3.63, 3.8) is 0 Å². The Morgan fingerprint density at radius 2 is 2.17 bits per heavy atom. The van der Waals surface area contributed by atoms with Gasteiger partial charge in [0.1, 0.15) is 11.9 Å². The highest BCUT2D eigenvalue weighted by Crippen LogP contribution is 2.37. The molecule has 2 N–H and O–H groups in total. The molecule has 1 amide bonds. The number of likely N-dealkylation sites (tertiary alicyclic amines) is 1. The van der Waals surface area contributed by atoms with Crippen LogP contribution in [0.1, 0.15) is 25.3 Å². The Morgan fingerprint density at radius 1 is 1.38 bits per heavy atom. The minimum absolute atomic E-state index is 0. The summed E-state index contributed by atoms with van der Waals surface area (Å²) in [7, 11) is 1.64. The van der Waals surface area contributed by atoms with Gasteiger partial charge in [-0.2, -0.15) is 0 Å². The molecule has 4 unspecified atom stereocenters. The van der Waals surface area contributed by atoms with Crippen molar-refractivity contribution < 1.29 is 14.3 Å². The summed E-state index contributed by atoms with van der Waals surface area (Å²) in [6.07, 6.45) is 1.81. The maximum Gasteiger partial charge on any atom is 0.251 e. The molecule has 0 bridgehead atoms. The van der Waals surface area contributed by atoms with Gasteiger partial charge in [0, 0.05) is 19.1 Å². The maximum absolute atomic E-state index is 12.6. The fraction of sp³-hybridized carbons (Fsp3) is 0.611. The second-order valence-corrected chi connectivity index (χ2v) is 6.71. The molecule has 2 aliphatic rings. The average molecular weight is 355 g/mol. The summed E-state index contributed by atoms with van der Waals surface area (Å²) in [5.41, 5.74) is 7.14. The maximum atomic E-state index is 12.6. The zero-order valence-electron chi connectivity index (χ0n) is 14.3. The average Bonchev–Trinajstić information content (AvgIpc) is 3.14. The molecule has 1 saturated heterocycles. The van der Waals surface area contributed by atoms with Gasteiger partial charge in [-0.3, -0.25) is 4.79 Å². The SMILES string of the molecule is COc1cccc(COC(C)C(=O)N2CC3CCC(N)C3C2)c1.Cl. The number of amides is 1. The van der Waals surface area contributed by atoms with Crippen molar-refractivity contribution in [2.24, 2.45) is 17.6 Å². The molecular weight excluding hydrogens is 328 g/mol. The Bertz CT molecular complexity index is 569. The Labute approximate surface area is 149 Å². The summed E-state index contributed by atoms with van der Waals surface area (Å²) in [5.74, 6) is 1.94. The van der Waals surface area contributed by atoms with E-state index in [2.05, 4.69) is 0 Å². The zero-order chi connectivity index (χ0) is 16.4. The smallest absolute Gasteiger partial charge is 0.251 e. The van der Waals surface area contributed by atoms with E-state index in [-0.39, 0.29) is 24.4 Å². The van der Waals surface area contributed by atoms with Crippen LogP contribution in [0.25, 0.3) is 0 Å². The predicted molar refractivity (Wildman–Crippen MR) is 95.3 cm³/mol. The third kappa shape index (κ3) is 4.02. The monoisotopic (exact) mass is 354 g/mol. The van der Waals surface area contributed by atoms with Crippen LogP contribution in [0, 0.1) is 11.8 Å². The van der Waals surface area contributed by atoms with Gasteiger partial charge in [0.25, 0.3) is 5.91 Å². The van der Waals surface area contributed by atoms with Gasteiger partial charge in [-0.05, 0) is 49.3 Å². The van der Waals surface area contributed by atoms with E-state index < -0.39 is 6.10 Å². The number of hydrogen-bond acceptors (Lipinski definition) is 4. The number of ether oxygens (including phenoxy) is 2. The lowest BCUT2D eigenvalue weighted by Gasteiger charge is -2.22. The van der Waals surface area contributed by atoms with Crippen LogP contribution in [0.15, 0.2) is 24.3 Å². The van der Waals surface area contributed by atoms with E-state index in [9.17, 15) is 4.79 Å². The molecular formula is C18H27ClN2O3. The Hall–Kier alpha value is -1.30. The number of hydrogen-bond donors (Lipinski definition) is 1. The van der Waals surface area contributed by atoms with Crippen LogP contribution in [-0.2, 0) is 16.1 Å². The lowest BCUT2D eigenvalue weighted by Crippen LogP contribution is -2.39. The number of carbonyl (C=O) groups is 1. The van der Waals surface area contributed by atoms with Crippen molar-refractivity contribution in [2.45, 2.75) is 38.5 Å². The van der Waals surface area contributed by atoms with Crippen LogP contribution in [0.2, 0.25) is 0 Å². The quantitative estimate of drug-likeness (QED) is 0.880. The largest absolute Gasteiger partial charge is 0.497 e.